The molecule has 8 heteroatoms. The van der Waals surface area contributed by atoms with Crippen molar-refractivity contribution >= 4 is 35.2 Å². The van der Waals surface area contributed by atoms with Gasteiger partial charge in [-0.15, -0.1) is 0 Å². The Labute approximate surface area is 199 Å². The molecule has 3 atom stereocenters. The second-order valence-electron chi connectivity index (χ2n) is 9.72. The molecular weight excluding hydrogens is 438 g/mol. The van der Waals surface area contributed by atoms with Crippen molar-refractivity contribution in [2.24, 2.45) is 0 Å². The fraction of sp³-hybridized carbons (Fsp3) is 0.640. The van der Waals surface area contributed by atoms with Crippen LogP contribution < -0.4 is 4.90 Å². The van der Waals surface area contributed by atoms with Crippen LogP contribution in [0.5, 0.6) is 0 Å². The Hall–Kier alpha value is -2.06. The lowest BCUT2D eigenvalue weighted by molar-refractivity contribution is -0.135. The van der Waals surface area contributed by atoms with Gasteiger partial charge in [0.1, 0.15) is 5.66 Å². The minimum atomic E-state index is -0.662. The monoisotopic (exact) mass is 471 g/mol. The average Bonchev–Trinajstić information content (AvgIpc) is 3.57. The van der Waals surface area contributed by atoms with E-state index in [0.29, 0.717) is 50.0 Å². The summed E-state index contributed by atoms with van der Waals surface area (Å²) in [5.74, 6) is 2.26. The number of carbonyl (C=O) groups is 3. The zero-order valence-corrected chi connectivity index (χ0v) is 20.1. The highest BCUT2D eigenvalue weighted by atomic mass is 32.2. The molecule has 4 aliphatic heterocycles. The molecule has 3 unspecified atom stereocenters. The number of benzene rings is 1. The molecule has 4 heterocycles. The van der Waals surface area contributed by atoms with Crippen LogP contribution in [0.3, 0.4) is 0 Å². The van der Waals surface area contributed by atoms with Crippen LogP contribution in [-0.2, 0) is 14.3 Å². The van der Waals surface area contributed by atoms with E-state index in [4.69, 9.17) is 4.74 Å². The number of carbonyl (C=O) groups excluding carboxylic acids is 3. The maximum absolute atomic E-state index is 13.4. The standard InChI is InChI=1S/C25H33N3O4S/c1-25-12-10-23(30)28(25)21-8-3-2-7-20(21)24(31)27(25)13-4-9-22(29)26(18-11-15-33-17-18)16-19-6-5-14-32-19/h2-3,7-8,18-19H,4-6,9-17H2,1H3. The summed E-state index contributed by atoms with van der Waals surface area (Å²) in [5, 5.41) is 0. The first-order valence-corrected chi connectivity index (χ1v) is 13.4. The Kier molecular flexibility index (Phi) is 6.40. The molecule has 178 valence electrons. The van der Waals surface area contributed by atoms with E-state index in [-0.39, 0.29) is 29.9 Å². The number of para-hydroxylation sites is 1. The normalized spacial score (nSPS) is 28.9. The largest absolute Gasteiger partial charge is 0.376 e. The summed E-state index contributed by atoms with van der Waals surface area (Å²) in [5.41, 5.74) is 0.617. The van der Waals surface area contributed by atoms with Gasteiger partial charge >= 0.3 is 0 Å². The van der Waals surface area contributed by atoms with E-state index in [0.717, 1.165) is 37.4 Å². The summed E-state index contributed by atoms with van der Waals surface area (Å²) in [6, 6.07) is 7.65. The van der Waals surface area contributed by atoms with Crippen LogP contribution in [-0.4, -0.2) is 76.5 Å². The average molecular weight is 472 g/mol. The number of hydrogen-bond acceptors (Lipinski definition) is 5. The van der Waals surface area contributed by atoms with Crippen molar-refractivity contribution in [3.05, 3.63) is 29.8 Å². The predicted octanol–water partition coefficient (Wildman–Crippen LogP) is 3.28. The first kappa shape index (κ1) is 22.7. The lowest BCUT2D eigenvalue weighted by atomic mass is 9.97. The summed E-state index contributed by atoms with van der Waals surface area (Å²) < 4.78 is 5.82. The van der Waals surface area contributed by atoms with E-state index in [1.807, 2.05) is 41.8 Å². The van der Waals surface area contributed by atoms with Gasteiger partial charge in [-0.2, -0.15) is 11.8 Å². The van der Waals surface area contributed by atoms with Crippen LogP contribution >= 0.6 is 11.8 Å². The van der Waals surface area contributed by atoms with E-state index in [1.54, 1.807) is 11.0 Å². The first-order valence-electron chi connectivity index (χ1n) is 12.2. The molecule has 1 aromatic rings. The highest BCUT2D eigenvalue weighted by Crippen LogP contribution is 2.44. The van der Waals surface area contributed by atoms with Crippen LogP contribution in [0.15, 0.2) is 24.3 Å². The third-order valence-electron chi connectivity index (χ3n) is 7.61. The minimum absolute atomic E-state index is 0.0464. The quantitative estimate of drug-likeness (QED) is 0.610. The number of nitrogens with zero attached hydrogens (tertiary/aromatic N) is 3. The second-order valence-corrected chi connectivity index (χ2v) is 10.9. The fourth-order valence-corrected chi connectivity index (χ4v) is 7.03. The molecule has 0 aliphatic carbocycles. The smallest absolute Gasteiger partial charge is 0.257 e. The van der Waals surface area contributed by atoms with Crippen LogP contribution in [0, 0.1) is 0 Å². The van der Waals surface area contributed by atoms with Gasteiger partial charge in [0.2, 0.25) is 11.8 Å². The van der Waals surface area contributed by atoms with E-state index < -0.39 is 5.66 Å². The van der Waals surface area contributed by atoms with E-state index in [1.165, 1.54) is 0 Å². The zero-order valence-electron chi connectivity index (χ0n) is 19.3. The Morgan fingerprint density at radius 3 is 2.88 bits per heavy atom. The Balaban J connectivity index is 1.27. The molecule has 0 N–H and O–H groups in total. The highest BCUT2D eigenvalue weighted by molar-refractivity contribution is 7.99. The van der Waals surface area contributed by atoms with Crippen molar-refractivity contribution < 1.29 is 19.1 Å². The van der Waals surface area contributed by atoms with Gasteiger partial charge in [-0.25, -0.2) is 0 Å². The number of rotatable bonds is 7. The van der Waals surface area contributed by atoms with E-state index >= 15 is 0 Å². The number of fused-ring (bicyclic) bond motifs is 3. The van der Waals surface area contributed by atoms with Crippen LogP contribution in [0.2, 0.25) is 0 Å². The number of thioether (sulfide) groups is 1. The molecule has 3 amide bonds. The number of hydrogen-bond donors (Lipinski definition) is 0. The molecule has 5 rings (SSSR count). The third kappa shape index (κ3) is 4.16. The lowest BCUT2D eigenvalue weighted by Crippen LogP contribution is -2.62. The summed E-state index contributed by atoms with van der Waals surface area (Å²) in [6.07, 6.45) is 5.32. The Bertz CT molecular complexity index is 928. The summed E-state index contributed by atoms with van der Waals surface area (Å²) in [7, 11) is 0. The highest BCUT2D eigenvalue weighted by Gasteiger charge is 2.52. The van der Waals surface area contributed by atoms with E-state index in [9.17, 15) is 14.4 Å². The number of anilines is 1. The van der Waals surface area contributed by atoms with Crippen LogP contribution in [0.4, 0.5) is 5.69 Å². The molecule has 0 spiro atoms. The Morgan fingerprint density at radius 1 is 1.27 bits per heavy atom. The summed E-state index contributed by atoms with van der Waals surface area (Å²) in [4.78, 5) is 45.1. The molecule has 4 aliphatic rings. The maximum Gasteiger partial charge on any atom is 0.257 e. The zero-order chi connectivity index (χ0) is 23.0. The minimum Gasteiger partial charge on any atom is -0.376 e. The van der Waals surface area contributed by atoms with Gasteiger partial charge in [0, 0.05) is 44.3 Å². The molecule has 33 heavy (non-hydrogen) atoms. The first-order chi connectivity index (χ1) is 16.0. The summed E-state index contributed by atoms with van der Waals surface area (Å²) >= 11 is 1.91. The van der Waals surface area contributed by atoms with Gasteiger partial charge in [-0.1, -0.05) is 12.1 Å². The summed E-state index contributed by atoms with van der Waals surface area (Å²) in [6.45, 7) is 3.91. The second kappa shape index (κ2) is 9.29. The molecular formula is C25H33N3O4S. The van der Waals surface area contributed by atoms with Gasteiger partial charge in [0.15, 0.2) is 0 Å². The van der Waals surface area contributed by atoms with Crippen LogP contribution in [0.25, 0.3) is 0 Å². The molecule has 7 nitrogen and oxygen atoms in total. The molecule has 1 aromatic carbocycles. The molecule has 0 radical (unpaired) electrons. The predicted molar refractivity (Wildman–Crippen MR) is 128 cm³/mol. The molecule has 0 aromatic heterocycles. The van der Waals surface area contributed by atoms with Gasteiger partial charge in [0.25, 0.3) is 5.91 Å². The molecule has 0 bridgehead atoms. The van der Waals surface area contributed by atoms with Gasteiger partial charge < -0.3 is 14.5 Å². The van der Waals surface area contributed by atoms with Crippen molar-refractivity contribution in [3.8, 4) is 0 Å². The Morgan fingerprint density at radius 2 is 2.12 bits per heavy atom. The molecule has 0 saturated carbocycles. The van der Waals surface area contributed by atoms with Crippen molar-refractivity contribution in [2.75, 3.05) is 36.1 Å². The fourth-order valence-electron chi connectivity index (χ4n) is 5.80. The topological polar surface area (TPSA) is 70.2 Å². The van der Waals surface area contributed by atoms with E-state index in [2.05, 4.69) is 4.90 Å². The van der Waals surface area contributed by atoms with Gasteiger partial charge in [-0.3, -0.25) is 19.3 Å². The van der Waals surface area contributed by atoms with Crippen molar-refractivity contribution in [2.45, 2.75) is 69.7 Å². The third-order valence-corrected chi connectivity index (χ3v) is 8.75. The number of ether oxygens (including phenoxy) is 1. The van der Waals surface area contributed by atoms with Crippen molar-refractivity contribution in [3.63, 3.8) is 0 Å². The maximum atomic E-state index is 13.4. The molecule has 3 fully saturated rings. The lowest BCUT2D eigenvalue weighted by Gasteiger charge is -2.48. The molecule has 3 saturated heterocycles. The van der Waals surface area contributed by atoms with Crippen LogP contribution in [0.1, 0.15) is 62.2 Å². The van der Waals surface area contributed by atoms with Gasteiger partial charge in [0.05, 0.1) is 17.4 Å². The van der Waals surface area contributed by atoms with Gasteiger partial charge in [-0.05, 0) is 56.9 Å². The SMILES string of the molecule is CC12CCC(=O)N1c1ccccc1C(=O)N2CCCC(=O)N(CC1CCCO1)C1CCSC1. The van der Waals surface area contributed by atoms with Crippen molar-refractivity contribution in [1.82, 2.24) is 9.80 Å². The van der Waals surface area contributed by atoms with Crippen molar-refractivity contribution in [1.29, 1.82) is 0 Å². The number of amides is 3.